The van der Waals surface area contributed by atoms with Gasteiger partial charge >= 0.3 is 6.03 Å². The van der Waals surface area contributed by atoms with Gasteiger partial charge in [-0.15, -0.1) is 10.2 Å². The number of benzene rings is 1. The minimum atomic E-state index is -0.474. The average molecular weight is 436 g/mol. The lowest BCUT2D eigenvalue weighted by molar-refractivity contribution is -0.117. The number of halogens is 1. The van der Waals surface area contributed by atoms with E-state index in [0.717, 1.165) is 37.1 Å². The van der Waals surface area contributed by atoms with Gasteiger partial charge in [-0.05, 0) is 30.9 Å². The Hall–Kier alpha value is -2.06. The summed E-state index contributed by atoms with van der Waals surface area (Å²) in [5.41, 5.74) is 0.831. The number of hydrogen-bond donors (Lipinski definition) is 2. The highest BCUT2D eigenvalue weighted by atomic mass is 35.5. The van der Waals surface area contributed by atoms with Crippen LogP contribution in [0.25, 0.3) is 11.4 Å². The molecular formula is C20H26ClN5O2S. The first-order valence-electron chi connectivity index (χ1n) is 9.86. The SMILES string of the molecule is CC(C)CNC(=O)NC(=O)CSc1nnc(-c2ccccc2Cl)n1C1CCCC1. The fourth-order valence-corrected chi connectivity index (χ4v) is 4.35. The minimum absolute atomic E-state index is 0.0858. The zero-order valence-corrected chi connectivity index (χ0v) is 18.2. The minimum Gasteiger partial charge on any atom is -0.338 e. The van der Waals surface area contributed by atoms with E-state index < -0.39 is 6.03 Å². The van der Waals surface area contributed by atoms with Crippen molar-refractivity contribution in [2.45, 2.75) is 50.7 Å². The Kier molecular flexibility index (Phi) is 7.55. The van der Waals surface area contributed by atoms with Gasteiger partial charge in [-0.1, -0.05) is 62.2 Å². The van der Waals surface area contributed by atoms with Crippen molar-refractivity contribution in [1.82, 2.24) is 25.4 Å². The zero-order valence-electron chi connectivity index (χ0n) is 16.7. The highest BCUT2D eigenvalue weighted by molar-refractivity contribution is 7.99. The second-order valence-corrected chi connectivity index (χ2v) is 8.88. The third-order valence-electron chi connectivity index (χ3n) is 4.73. The molecule has 1 aromatic heterocycles. The van der Waals surface area contributed by atoms with E-state index in [1.807, 2.05) is 38.1 Å². The van der Waals surface area contributed by atoms with E-state index in [0.29, 0.717) is 22.6 Å². The maximum absolute atomic E-state index is 12.2. The van der Waals surface area contributed by atoms with Crippen molar-refractivity contribution >= 4 is 35.3 Å². The lowest BCUT2D eigenvalue weighted by Crippen LogP contribution is -2.41. The van der Waals surface area contributed by atoms with Crippen molar-refractivity contribution in [1.29, 1.82) is 0 Å². The van der Waals surface area contributed by atoms with E-state index in [2.05, 4.69) is 25.4 Å². The molecule has 9 heteroatoms. The van der Waals surface area contributed by atoms with Gasteiger partial charge in [0.25, 0.3) is 0 Å². The maximum atomic E-state index is 12.2. The lowest BCUT2D eigenvalue weighted by Gasteiger charge is -2.17. The molecule has 0 atom stereocenters. The molecule has 0 unspecified atom stereocenters. The van der Waals surface area contributed by atoms with Gasteiger partial charge in [-0.3, -0.25) is 14.7 Å². The first kappa shape index (κ1) is 21.6. The molecule has 7 nitrogen and oxygen atoms in total. The Morgan fingerprint density at radius 3 is 2.66 bits per heavy atom. The molecule has 0 radical (unpaired) electrons. The van der Waals surface area contributed by atoms with E-state index >= 15 is 0 Å². The molecule has 1 heterocycles. The lowest BCUT2D eigenvalue weighted by atomic mass is 10.2. The average Bonchev–Trinajstić information content (AvgIpc) is 3.34. The summed E-state index contributed by atoms with van der Waals surface area (Å²) < 4.78 is 2.10. The van der Waals surface area contributed by atoms with Crippen molar-refractivity contribution in [3.63, 3.8) is 0 Å². The number of imide groups is 1. The van der Waals surface area contributed by atoms with Gasteiger partial charge in [0, 0.05) is 18.2 Å². The number of thioether (sulfide) groups is 1. The molecule has 1 fully saturated rings. The molecule has 1 aliphatic carbocycles. The van der Waals surface area contributed by atoms with Gasteiger partial charge in [0.2, 0.25) is 5.91 Å². The van der Waals surface area contributed by atoms with Crippen LogP contribution in [-0.2, 0) is 4.79 Å². The normalized spacial score (nSPS) is 14.3. The first-order chi connectivity index (χ1) is 14.0. The molecule has 2 aromatic rings. The van der Waals surface area contributed by atoms with Crippen LogP contribution in [0.15, 0.2) is 29.4 Å². The number of carbonyl (C=O) groups is 2. The summed E-state index contributed by atoms with van der Waals surface area (Å²) in [5.74, 6) is 0.762. The Labute approximate surface area is 180 Å². The van der Waals surface area contributed by atoms with Gasteiger partial charge in [0.05, 0.1) is 10.8 Å². The van der Waals surface area contributed by atoms with Gasteiger partial charge < -0.3 is 5.32 Å². The number of aromatic nitrogens is 3. The molecule has 1 aromatic carbocycles. The van der Waals surface area contributed by atoms with E-state index in [1.54, 1.807) is 0 Å². The first-order valence-corrected chi connectivity index (χ1v) is 11.2. The van der Waals surface area contributed by atoms with Gasteiger partial charge in [0.1, 0.15) is 0 Å². The third-order valence-corrected chi connectivity index (χ3v) is 6.00. The van der Waals surface area contributed by atoms with Crippen molar-refractivity contribution in [2.75, 3.05) is 12.3 Å². The van der Waals surface area contributed by atoms with E-state index in [-0.39, 0.29) is 17.7 Å². The number of urea groups is 1. The monoisotopic (exact) mass is 435 g/mol. The van der Waals surface area contributed by atoms with E-state index in [1.165, 1.54) is 11.8 Å². The van der Waals surface area contributed by atoms with Crippen LogP contribution in [0.5, 0.6) is 0 Å². The predicted octanol–water partition coefficient (Wildman–Crippen LogP) is 4.29. The van der Waals surface area contributed by atoms with Crippen LogP contribution in [0.4, 0.5) is 4.79 Å². The summed E-state index contributed by atoms with van der Waals surface area (Å²) >= 11 is 7.67. The molecule has 3 amide bonds. The number of hydrogen-bond acceptors (Lipinski definition) is 5. The number of rotatable bonds is 7. The quantitative estimate of drug-likeness (QED) is 0.633. The van der Waals surface area contributed by atoms with Gasteiger partial charge in [0.15, 0.2) is 11.0 Å². The maximum Gasteiger partial charge on any atom is 0.321 e. The van der Waals surface area contributed by atoms with Crippen LogP contribution in [0, 0.1) is 5.92 Å². The van der Waals surface area contributed by atoms with Gasteiger partial charge in [-0.25, -0.2) is 4.79 Å². The van der Waals surface area contributed by atoms with Crippen LogP contribution < -0.4 is 10.6 Å². The molecule has 0 spiro atoms. The Morgan fingerprint density at radius 1 is 1.24 bits per heavy atom. The van der Waals surface area contributed by atoms with Crippen LogP contribution in [-0.4, -0.2) is 39.0 Å². The molecule has 156 valence electrons. The fraction of sp³-hybridized carbons (Fsp3) is 0.500. The zero-order chi connectivity index (χ0) is 20.8. The number of carbonyl (C=O) groups excluding carboxylic acids is 2. The Morgan fingerprint density at radius 2 is 1.97 bits per heavy atom. The van der Waals surface area contributed by atoms with Crippen molar-refractivity contribution in [2.24, 2.45) is 5.92 Å². The standard InChI is InChI=1S/C20H26ClN5O2S/c1-13(2)11-22-19(28)23-17(27)12-29-20-25-24-18(15-9-5-6-10-16(15)21)26(20)14-7-3-4-8-14/h5-6,9-10,13-14H,3-4,7-8,11-12H2,1-2H3,(H2,22,23,27,28). The topological polar surface area (TPSA) is 88.9 Å². The van der Waals surface area contributed by atoms with E-state index in [4.69, 9.17) is 11.6 Å². The number of amides is 3. The summed E-state index contributed by atoms with van der Waals surface area (Å²) in [5, 5.41) is 15.0. The molecule has 1 aliphatic rings. The summed E-state index contributed by atoms with van der Waals surface area (Å²) in [7, 11) is 0. The smallest absolute Gasteiger partial charge is 0.321 e. The number of nitrogens with zero attached hydrogens (tertiary/aromatic N) is 3. The molecule has 29 heavy (non-hydrogen) atoms. The van der Waals surface area contributed by atoms with Crippen LogP contribution in [0.1, 0.15) is 45.6 Å². The van der Waals surface area contributed by atoms with Crippen LogP contribution in [0.2, 0.25) is 5.02 Å². The molecule has 2 N–H and O–H groups in total. The second-order valence-electron chi connectivity index (χ2n) is 7.54. The third kappa shape index (κ3) is 5.73. The summed E-state index contributed by atoms with van der Waals surface area (Å²) in [6.07, 6.45) is 4.41. The summed E-state index contributed by atoms with van der Waals surface area (Å²) in [4.78, 5) is 23.9. The molecule has 1 saturated carbocycles. The highest BCUT2D eigenvalue weighted by Gasteiger charge is 2.26. The summed E-state index contributed by atoms with van der Waals surface area (Å²) in [6.45, 7) is 4.50. The Bertz CT molecular complexity index is 864. The van der Waals surface area contributed by atoms with Crippen molar-refractivity contribution < 1.29 is 9.59 Å². The van der Waals surface area contributed by atoms with Crippen molar-refractivity contribution in [3.8, 4) is 11.4 Å². The molecule has 3 rings (SSSR count). The molecule has 0 aliphatic heterocycles. The van der Waals surface area contributed by atoms with Crippen molar-refractivity contribution in [3.05, 3.63) is 29.3 Å². The van der Waals surface area contributed by atoms with Crippen LogP contribution in [0.3, 0.4) is 0 Å². The Balaban J connectivity index is 1.72. The highest BCUT2D eigenvalue weighted by Crippen LogP contribution is 2.38. The molecular weight excluding hydrogens is 410 g/mol. The second kappa shape index (κ2) is 10.1. The largest absolute Gasteiger partial charge is 0.338 e. The predicted molar refractivity (Wildman–Crippen MR) is 115 cm³/mol. The fourth-order valence-electron chi connectivity index (χ4n) is 3.33. The summed E-state index contributed by atoms with van der Waals surface area (Å²) in [6, 6.07) is 7.38. The molecule has 0 saturated heterocycles. The molecule has 0 bridgehead atoms. The number of nitrogens with one attached hydrogen (secondary N) is 2. The van der Waals surface area contributed by atoms with Gasteiger partial charge in [-0.2, -0.15) is 0 Å². The van der Waals surface area contributed by atoms with E-state index in [9.17, 15) is 9.59 Å². The van der Waals surface area contributed by atoms with Crippen LogP contribution >= 0.6 is 23.4 Å².